The smallest absolute Gasteiger partial charge is 0.125 e. The van der Waals surface area contributed by atoms with E-state index in [-0.39, 0.29) is 0 Å². The zero-order valence-corrected chi connectivity index (χ0v) is 14.5. The van der Waals surface area contributed by atoms with Crippen molar-refractivity contribution >= 4 is 10.8 Å². The lowest BCUT2D eigenvalue weighted by molar-refractivity contribution is -0.928. The first-order chi connectivity index (χ1) is 10.9. The highest BCUT2D eigenvalue weighted by molar-refractivity contribution is 5.87. The van der Waals surface area contributed by atoms with E-state index in [2.05, 4.69) is 45.0 Å². The third kappa shape index (κ3) is 2.63. The van der Waals surface area contributed by atoms with E-state index in [1.165, 1.54) is 36.6 Å². The molecule has 2 fully saturated rings. The maximum absolute atomic E-state index is 10.5. The van der Waals surface area contributed by atoms with Gasteiger partial charge in [0.15, 0.2) is 0 Å². The van der Waals surface area contributed by atoms with E-state index in [1.54, 1.807) is 4.90 Å². The molecule has 3 unspecified atom stereocenters. The van der Waals surface area contributed by atoms with Crippen molar-refractivity contribution in [1.29, 1.82) is 0 Å². The molecule has 1 aliphatic carbocycles. The minimum atomic E-state index is 0.459. The van der Waals surface area contributed by atoms with Crippen molar-refractivity contribution in [2.75, 3.05) is 6.54 Å². The summed E-state index contributed by atoms with van der Waals surface area (Å²) in [6.07, 6.45) is 3.99. The zero-order chi connectivity index (χ0) is 16.2. The van der Waals surface area contributed by atoms with Crippen molar-refractivity contribution < 1.29 is 10.0 Å². The molecule has 0 amide bonds. The predicted molar refractivity (Wildman–Crippen MR) is 94.7 cm³/mol. The fraction of sp³-hybridized carbons (Fsp3) is 0.524. The first-order valence-electron chi connectivity index (χ1n) is 8.90. The van der Waals surface area contributed by atoms with Gasteiger partial charge in [0.25, 0.3) is 0 Å². The number of rotatable bonds is 2. The zero-order valence-electron chi connectivity index (χ0n) is 14.5. The number of nitrogens with one attached hydrogen (secondary N) is 1. The maximum Gasteiger partial charge on any atom is 0.125 e. The molecule has 1 aliphatic heterocycles. The van der Waals surface area contributed by atoms with Crippen molar-refractivity contribution in [2.45, 2.75) is 52.6 Å². The minimum absolute atomic E-state index is 0.459. The van der Waals surface area contributed by atoms with Crippen LogP contribution in [0.15, 0.2) is 36.4 Å². The van der Waals surface area contributed by atoms with E-state index in [0.29, 0.717) is 16.6 Å². The summed E-state index contributed by atoms with van der Waals surface area (Å²) in [5.41, 5.74) is 2.06. The molecule has 0 aromatic heterocycles. The minimum Gasteiger partial charge on any atom is -0.507 e. The van der Waals surface area contributed by atoms with E-state index in [1.807, 2.05) is 12.1 Å². The van der Waals surface area contributed by atoms with Gasteiger partial charge in [0.1, 0.15) is 12.3 Å². The Labute approximate surface area is 139 Å². The van der Waals surface area contributed by atoms with Crippen molar-refractivity contribution in [3.8, 4) is 5.75 Å². The van der Waals surface area contributed by atoms with Gasteiger partial charge in [0.05, 0.1) is 18.2 Å². The summed E-state index contributed by atoms with van der Waals surface area (Å²) in [5, 5.41) is 12.9. The lowest BCUT2D eigenvalue weighted by Gasteiger charge is -2.37. The molecule has 2 heteroatoms. The monoisotopic (exact) mass is 310 g/mol. The van der Waals surface area contributed by atoms with Gasteiger partial charge >= 0.3 is 0 Å². The van der Waals surface area contributed by atoms with Crippen LogP contribution in [0.2, 0.25) is 0 Å². The van der Waals surface area contributed by atoms with Gasteiger partial charge in [-0.15, -0.1) is 0 Å². The summed E-state index contributed by atoms with van der Waals surface area (Å²) < 4.78 is 0. The summed E-state index contributed by atoms with van der Waals surface area (Å²) in [6, 6.07) is 13.1. The van der Waals surface area contributed by atoms with E-state index in [0.717, 1.165) is 18.2 Å². The quantitative estimate of drug-likeness (QED) is 0.871. The molecule has 0 radical (unpaired) electrons. The van der Waals surface area contributed by atoms with Crippen LogP contribution >= 0.6 is 0 Å². The highest BCUT2D eigenvalue weighted by Gasteiger charge is 2.52. The van der Waals surface area contributed by atoms with Crippen LogP contribution in [-0.4, -0.2) is 17.7 Å². The Morgan fingerprint density at radius 1 is 1.09 bits per heavy atom. The van der Waals surface area contributed by atoms with Gasteiger partial charge < -0.3 is 10.0 Å². The van der Waals surface area contributed by atoms with Crippen LogP contribution in [0.3, 0.4) is 0 Å². The topological polar surface area (TPSA) is 24.7 Å². The molecule has 3 atom stereocenters. The number of benzene rings is 2. The normalized spacial score (nSPS) is 32.3. The molecule has 2 aromatic rings. The number of phenols is 1. The third-order valence-electron chi connectivity index (χ3n) is 6.09. The molecule has 2 nitrogen and oxygen atoms in total. The average molecular weight is 310 g/mol. The summed E-state index contributed by atoms with van der Waals surface area (Å²) in [5.74, 6) is 0.460. The molecule has 23 heavy (non-hydrogen) atoms. The first-order valence-corrected chi connectivity index (χ1v) is 8.90. The van der Waals surface area contributed by atoms with E-state index < -0.39 is 0 Å². The molecule has 0 spiro atoms. The SMILES string of the molecule is CC1(C)CC2CC(C)(C[NH+]2Cc2c(O)ccc3ccccc23)C1. The number of hydrogen-bond acceptors (Lipinski definition) is 1. The van der Waals surface area contributed by atoms with Gasteiger partial charge in [0, 0.05) is 18.3 Å². The Bertz CT molecular complexity index is 751. The van der Waals surface area contributed by atoms with Crippen molar-refractivity contribution in [3.05, 3.63) is 42.0 Å². The highest BCUT2D eigenvalue weighted by atomic mass is 16.3. The van der Waals surface area contributed by atoms with E-state index in [4.69, 9.17) is 0 Å². The average Bonchev–Trinajstić information content (AvgIpc) is 2.70. The number of aromatic hydroxyl groups is 1. The standard InChI is InChI=1S/C21H27NO/c1-20(2)10-16-11-21(3,13-20)14-22(16)12-18-17-7-5-4-6-15(17)8-9-19(18)23/h4-9,16,23H,10-14H2,1-3H3/p+1. The van der Waals surface area contributed by atoms with Crippen LogP contribution in [0.4, 0.5) is 0 Å². The molecule has 2 N–H and O–H groups in total. The fourth-order valence-corrected chi connectivity index (χ4v) is 5.69. The Hall–Kier alpha value is -1.54. The maximum atomic E-state index is 10.5. The van der Waals surface area contributed by atoms with Crippen LogP contribution < -0.4 is 4.90 Å². The molecule has 2 aliphatic rings. The van der Waals surface area contributed by atoms with Gasteiger partial charge in [-0.05, 0) is 28.7 Å². The van der Waals surface area contributed by atoms with Crippen molar-refractivity contribution in [3.63, 3.8) is 0 Å². The lowest BCUT2D eigenvalue weighted by atomic mass is 9.65. The molecule has 1 saturated heterocycles. The van der Waals surface area contributed by atoms with Crippen molar-refractivity contribution in [2.24, 2.45) is 10.8 Å². The molecule has 4 rings (SSSR count). The van der Waals surface area contributed by atoms with E-state index in [9.17, 15) is 5.11 Å². The van der Waals surface area contributed by atoms with Gasteiger partial charge in [-0.1, -0.05) is 51.1 Å². The van der Waals surface area contributed by atoms with Gasteiger partial charge in [-0.2, -0.15) is 0 Å². The number of fused-ring (bicyclic) bond motifs is 3. The molecule has 122 valence electrons. The molecular weight excluding hydrogens is 282 g/mol. The largest absolute Gasteiger partial charge is 0.507 e. The second-order valence-corrected chi connectivity index (χ2v) is 9.05. The summed E-state index contributed by atoms with van der Waals surface area (Å²) in [6.45, 7) is 9.51. The number of likely N-dealkylation sites (tertiary alicyclic amines) is 1. The Morgan fingerprint density at radius 2 is 1.87 bits per heavy atom. The predicted octanol–water partition coefficient (Wildman–Crippen LogP) is 3.53. The van der Waals surface area contributed by atoms with Crippen molar-refractivity contribution in [1.82, 2.24) is 0 Å². The molecule has 1 heterocycles. The van der Waals surface area contributed by atoms with Crippen LogP contribution in [-0.2, 0) is 6.54 Å². The summed E-state index contributed by atoms with van der Waals surface area (Å²) in [7, 11) is 0. The molecule has 1 saturated carbocycles. The number of hydrogen-bond donors (Lipinski definition) is 2. The number of quaternary nitrogens is 1. The van der Waals surface area contributed by atoms with Crippen LogP contribution in [0, 0.1) is 10.8 Å². The Balaban J connectivity index is 1.68. The van der Waals surface area contributed by atoms with Gasteiger partial charge in [-0.3, -0.25) is 0 Å². The second kappa shape index (κ2) is 4.98. The van der Waals surface area contributed by atoms with E-state index >= 15 is 0 Å². The Kier molecular flexibility index (Phi) is 3.25. The fourth-order valence-electron chi connectivity index (χ4n) is 5.69. The van der Waals surface area contributed by atoms with Gasteiger partial charge in [-0.25, -0.2) is 0 Å². The molecule has 2 aromatic carbocycles. The van der Waals surface area contributed by atoms with Crippen LogP contribution in [0.5, 0.6) is 5.75 Å². The Morgan fingerprint density at radius 3 is 2.70 bits per heavy atom. The highest BCUT2D eigenvalue weighted by Crippen LogP contribution is 2.47. The summed E-state index contributed by atoms with van der Waals surface area (Å²) >= 11 is 0. The molecular formula is C21H28NO+. The first kappa shape index (κ1) is 15.0. The van der Waals surface area contributed by atoms with Crippen LogP contribution in [0.25, 0.3) is 10.8 Å². The van der Waals surface area contributed by atoms with Crippen LogP contribution in [0.1, 0.15) is 45.6 Å². The van der Waals surface area contributed by atoms with Gasteiger partial charge in [0.2, 0.25) is 0 Å². The lowest BCUT2D eigenvalue weighted by Crippen LogP contribution is -3.12. The molecule has 2 bridgehead atoms. The second-order valence-electron chi connectivity index (χ2n) is 9.05. The third-order valence-corrected chi connectivity index (χ3v) is 6.09. The summed E-state index contributed by atoms with van der Waals surface area (Å²) in [4.78, 5) is 1.67. The number of phenolic OH excluding ortho intramolecular Hbond substituents is 1.